The van der Waals surface area contributed by atoms with E-state index in [1.54, 1.807) is 24.4 Å². The van der Waals surface area contributed by atoms with E-state index >= 15 is 0 Å². The summed E-state index contributed by atoms with van der Waals surface area (Å²) in [6, 6.07) is 9.10. The first-order valence-corrected chi connectivity index (χ1v) is 8.87. The number of likely N-dealkylation sites (N-methyl/N-ethyl adjacent to an activating group) is 1. The zero-order valence-electron chi connectivity index (χ0n) is 16.3. The standard InChI is InChI=1S/C21H22N4O3/c1-13-9-14(2)19(15(3)10-13)23-18(26)12-24(4)20(27)16-11-22-17-7-5-6-8-25(17)21(16)28/h5-11H,12H2,1-4H3,(H,23,26). The van der Waals surface area contributed by atoms with E-state index in [1.165, 1.54) is 22.5 Å². The molecule has 1 N–H and O–H groups in total. The molecule has 144 valence electrons. The van der Waals surface area contributed by atoms with Gasteiger partial charge in [0.1, 0.15) is 11.2 Å². The number of aromatic nitrogens is 2. The second-order valence-electron chi connectivity index (χ2n) is 6.89. The van der Waals surface area contributed by atoms with Crippen LogP contribution in [0.3, 0.4) is 0 Å². The van der Waals surface area contributed by atoms with E-state index in [4.69, 9.17) is 0 Å². The van der Waals surface area contributed by atoms with Crippen molar-refractivity contribution in [2.24, 2.45) is 0 Å². The largest absolute Gasteiger partial charge is 0.332 e. The van der Waals surface area contributed by atoms with Crippen LogP contribution in [0.2, 0.25) is 0 Å². The first-order valence-electron chi connectivity index (χ1n) is 8.87. The van der Waals surface area contributed by atoms with Crippen molar-refractivity contribution in [1.82, 2.24) is 14.3 Å². The molecule has 28 heavy (non-hydrogen) atoms. The highest BCUT2D eigenvalue weighted by atomic mass is 16.2. The monoisotopic (exact) mass is 378 g/mol. The Balaban J connectivity index is 1.77. The third-order valence-electron chi connectivity index (χ3n) is 4.51. The fourth-order valence-corrected chi connectivity index (χ4v) is 3.22. The van der Waals surface area contributed by atoms with E-state index in [0.29, 0.717) is 5.65 Å². The van der Waals surface area contributed by atoms with Crippen LogP contribution in [0.4, 0.5) is 5.69 Å². The molecular formula is C21H22N4O3. The molecule has 0 fully saturated rings. The summed E-state index contributed by atoms with van der Waals surface area (Å²) < 4.78 is 1.31. The Morgan fingerprint density at radius 2 is 1.82 bits per heavy atom. The number of pyridine rings is 1. The molecule has 0 bridgehead atoms. The zero-order chi connectivity index (χ0) is 20.4. The highest BCUT2D eigenvalue weighted by Gasteiger charge is 2.20. The van der Waals surface area contributed by atoms with E-state index in [1.807, 2.05) is 32.9 Å². The molecule has 0 radical (unpaired) electrons. The summed E-state index contributed by atoms with van der Waals surface area (Å²) in [7, 11) is 1.48. The van der Waals surface area contributed by atoms with Crippen LogP contribution in [0, 0.1) is 20.8 Å². The van der Waals surface area contributed by atoms with Crippen molar-refractivity contribution in [3.05, 3.63) is 75.3 Å². The molecule has 3 aromatic rings. The van der Waals surface area contributed by atoms with Gasteiger partial charge in [-0.2, -0.15) is 0 Å². The summed E-state index contributed by atoms with van der Waals surface area (Å²) in [6.07, 6.45) is 2.81. The molecule has 3 rings (SSSR count). The summed E-state index contributed by atoms with van der Waals surface area (Å²) in [5.74, 6) is -0.886. The lowest BCUT2D eigenvalue weighted by Gasteiger charge is -2.18. The zero-order valence-corrected chi connectivity index (χ0v) is 16.3. The van der Waals surface area contributed by atoms with Crippen LogP contribution in [-0.4, -0.2) is 39.7 Å². The lowest BCUT2D eigenvalue weighted by atomic mass is 10.1. The van der Waals surface area contributed by atoms with Crippen molar-refractivity contribution in [2.45, 2.75) is 20.8 Å². The molecule has 0 aliphatic carbocycles. The Morgan fingerprint density at radius 1 is 1.14 bits per heavy atom. The molecule has 0 aliphatic rings. The Bertz CT molecular complexity index is 1110. The number of hydrogen-bond acceptors (Lipinski definition) is 4. The number of nitrogens with one attached hydrogen (secondary N) is 1. The average Bonchev–Trinajstić information content (AvgIpc) is 2.64. The van der Waals surface area contributed by atoms with Crippen molar-refractivity contribution < 1.29 is 9.59 Å². The Kier molecular flexibility index (Phi) is 5.26. The van der Waals surface area contributed by atoms with Crippen molar-refractivity contribution in [3.8, 4) is 0 Å². The number of carbonyl (C=O) groups is 2. The highest BCUT2D eigenvalue weighted by Crippen LogP contribution is 2.21. The third-order valence-corrected chi connectivity index (χ3v) is 4.51. The Morgan fingerprint density at radius 3 is 2.50 bits per heavy atom. The lowest BCUT2D eigenvalue weighted by molar-refractivity contribution is -0.116. The number of anilines is 1. The Labute approximate surface area is 162 Å². The van der Waals surface area contributed by atoms with Crippen LogP contribution < -0.4 is 10.9 Å². The number of fused-ring (bicyclic) bond motifs is 1. The molecule has 2 aromatic heterocycles. The second kappa shape index (κ2) is 7.64. The summed E-state index contributed by atoms with van der Waals surface area (Å²) >= 11 is 0. The first kappa shape index (κ1) is 19.3. The van der Waals surface area contributed by atoms with Crippen molar-refractivity contribution in [1.29, 1.82) is 0 Å². The number of amides is 2. The number of hydrogen-bond donors (Lipinski definition) is 1. The number of carbonyl (C=O) groups excluding carboxylic acids is 2. The molecular weight excluding hydrogens is 356 g/mol. The first-order chi connectivity index (χ1) is 13.3. The topological polar surface area (TPSA) is 83.8 Å². The smallest absolute Gasteiger partial charge is 0.270 e. The fourth-order valence-electron chi connectivity index (χ4n) is 3.22. The molecule has 2 heterocycles. The number of aryl methyl sites for hydroxylation is 3. The minimum Gasteiger partial charge on any atom is -0.332 e. The number of rotatable bonds is 4. The van der Waals surface area contributed by atoms with Crippen LogP contribution in [-0.2, 0) is 4.79 Å². The van der Waals surface area contributed by atoms with Crippen LogP contribution in [0.5, 0.6) is 0 Å². The summed E-state index contributed by atoms with van der Waals surface area (Å²) in [6.45, 7) is 5.66. The predicted molar refractivity (Wildman–Crippen MR) is 108 cm³/mol. The summed E-state index contributed by atoms with van der Waals surface area (Å²) in [4.78, 5) is 43.0. The molecule has 0 unspecified atom stereocenters. The van der Waals surface area contributed by atoms with Gasteiger partial charge in [-0.15, -0.1) is 0 Å². The quantitative estimate of drug-likeness (QED) is 0.755. The lowest BCUT2D eigenvalue weighted by Crippen LogP contribution is -2.38. The van der Waals surface area contributed by atoms with E-state index in [0.717, 1.165) is 22.4 Å². The predicted octanol–water partition coefficient (Wildman–Crippen LogP) is 2.33. The van der Waals surface area contributed by atoms with Crippen LogP contribution in [0.1, 0.15) is 27.0 Å². The maximum absolute atomic E-state index is 12.7. The van der Waals surface area contributed by atoms with Crippen LogP contribution >= 0.6 is 0 Å². The second-order valence-corrected chi connectivity index (χ2v) is 6.89. The molecule has 7 heteroatoms. The summed E-state index contributed by atoms with van der Waals surface area (Å²) in [5, 5.41) is 2.86. The number of benzene rings is 1. The molecule has 0 saturated heterocycles. The molecule has 1 aromatic carbocycles. The van der Waals surface area contributed by atoms with Crippen LogP contribution in [0.25, 0.3) is 5.65 Å². The normalized spacial score (nSPS) is 10.7. The third kappa shape index (κ3) is 3.78. The maximum atomic E-state index is 12.7. The van der Waals surface area contributed by atoms with Gasteiger partial charge in [-0.1, -0.05) is 23.8 Å². The summed E-state index contributed by atoms with van der Waals surface area (Å²) in [5.41, 5.74) is 3.67. The maximum Gasteiger partial charge on any atom is 0.270 e. The minimum absolute atomic E-state index is 0.0818. The van der Waals surface area contributed by atoms with E-state index in [-0.39, 0.29) is 18.0 Å². The van der Waals surface area contributed by atoms with Gasteiger partial charge < -0.3 is 10.2 Å². The van der Waals surface area contributed by atoms with E-state index < -0.39 is 11.5 Å². The molecule has 0 atom stereocenters. The van der Waals surface area contributed by atoms with Crippen molar-refractivity contribution in [2.75, 3.05) is 18.9 Å². The SMILES string of the molecule is Cc1cc(C)c(NC(=O)CN(C)C(=O)c2cnc3ccccn3c2=O)c(C)c1. The van der Waals surface area contributed by atoms with Gasteiger partial charge in [-0.25, -0.2) is 4.98 Å². The number of nitrogens with zero attached hydrogens (tertiary/aromatic N) is 3. The van der Waals surface area contributed by atoms with Gasteiger partial charge in [0.2, 0.25) is 5.91 Å². The van der Waals surface area contributed by atoms with E-state index in [9.17, 15) is 14.4 Å². The van der Waals surface area contributed by atoms with E-state index in [2.05, 4.69) is 10.3 Å². The molecule has 0 aliphatic heterocycles. The van der Waals surface area contributed by atoms with Gasteiger partial charge in [-0.05, 0) is 44.0 Å². The van der Waals surface area contributed by atoms with Gasteiger partial charge in [0.15, 0.2) is 0 Å². The highest BCUT2D eigenvalue weighted by molar-refractivity contribution is 5.99. The van der Waals surface area contributed by atoms with Gasteiger partial charge >= 0.3 is 0 Å². The molecule has 7 nitrogen and oxygen atoms in total. The molecule has 0 spiro atoms. The Hall–Kier alpha value is -3.48. The van der Waals surface area contributed by atoms with Crippen LogP contribution in [0.15, 0.2) is 47.5 Å². The van der Waals surface area contributed by atoms with Gasteiger partial charge in [0, 0.05) is 25.1 Å². The molecule has 0 saturated carbocycles. The minimum atomic E-state index is -0.553. The average molecular weight is 378 g/mol. The van der Waals surface area contributed by atoms with Crippen molar-refractivity contribution in [3.63, 3.8) is 0 Å². The fraction of sp³-hybridized carbons (Fsp3) is 0.238. The van der Waals surface area contributed by atoms with Gasteiger partial charge in [0.25, 0.3) is 11.5 Å². The van der Waals surface area contributed by atoms with Crippen molar-refractivity contribution >= 4 is 23.1 Å². The van der Waals surface area contributed by atoms with Gasteiger partial charge in [-0.3, -0.25) is 18.8 Å². The van der Waals surface area contributed by atoms with Gasteiger partial charge in [0.05, 0.1) is 6.54 Å². The molecule has 2 amide bonds.